The molecule has 0 aromatic heterocycles. The quantitative estimate of drug-likeness (QED) is 0.845. The standard InChI is InChI=1S/C17H22ClNO2/c1-3-4-14-7-10-16(13-5-8-15(18)9-6-13)19(17(14)21)11-12(2)20/h3,5-6,8-9,12,14,16,20H,1,4,7,10-11H2,2H3/t12?,14-,16-/m0/s1. The Hall–Kier alpha value is -1.32. The van der Waals surface area contributed by atoms with Crippen LogP contribution in [-0.4, -0.2) is 28.6 Å². The van der Waals surface area contributed by atoms with E-state index in [9.17, 15) is 9.90 Å². The number of likely N-dealkylation sites (tertiary alicyclic amines) is 1. The highest BCUT2D eigenvalue weighted by molar-refractivity contribution is 6.30. The lowest BCUT2D eigenvalue weighted by atomic mass is 9.86. The van der Waals surface area contributed by atoms with E-state index in [1.165, 1.54) is 0 Å². The summed E-state index contributed by atoms with van der Waals surface area (Å²) in [4.78, 5) is 14.5. The Balaban J connectivity index is 2.24. The maximum absolute atomic E-state index is 12.6. The smallest absolute Gasteiger partial charge is 0.226 e. The average molecular weight is 308 g/mol. The van der Waals surface area contributed by atoms with Gasteiger partial charge in [0.05, 0.1) is 12.1 Å². The number of β-amino-alcohol motifs (C(OH)–C–C–N with tert-alkyl or cyclic N) is 1. The van der Waals surface area contributed by atoms with Gasteiger partial charge in [-0.05, 0) is 43.9 Å². The van der Waals surface area contributed by atoms with Gasteiger partial charge >= 0.3 is 0 Å². The van der Waals surface area contributed by atoms with Gasteiger partial charge in [-0.2, -0.15) is 0 Å². The number of allylic oxidation sites excluding steroid dienone is 1. The minimum absolute atomic E-state index is 0.00944. The maximum Gasteiger partial charge on any atom is 0.226 e. The van der Waals surface area contributed by atoms with Crippen molar-refractivity contribution in [2.75, 3.05) is 6.54 Å². The van der Waals surface area contributed by atoms with Crippen molar-refractivity contribution in [2.24, 2.45) is 5.92 Å². The molecule has 1 aromatic rings. The number of hydrogen-bond donors (Lipinski definition) is 1. The number of amides is 1. The molecule has 1 heterocycles. The van der Waals surface area contributed by atoms with Crippen LogP contribution in [0.1, 0.15) is 37.8 Å². The van der Waals surface area contributed by atoms with Gasteiger partial charge in [-0.1, -0.05) is 29.8 Å². The van der Waals surface area contributed by atoms with Crippen molar-refractivity contribution in [2.45, 2.75) is 38.3 Å². The predicted molar refractivity (Wildman–Crippen MR) is 85.1 cm³/mol. The Kier molecular flexibility index (Phi) is 5.43. The molecule has 0 saturated carbocycles. The van der Waals surface area contributed by atoms with Gasteiger partial charge in [0.2, 0.25) is 5.91 Å². The highest BCUT2D eigenvalue weighted by Crippen LogP contribution is 2.36. The lowest BCUT2D eigenvalue weighted by Crippen LogP contribution is -2.46. The number of aliphatic hydroxyl groups excluding tert-OH is 1. The van der Waals surface area contributed by atoms with Gasteiger partial charge in [-0.25, -0.2) is 0 Å². The van der Waals surface area contributed by atoms with Gasteiger partial charge < -0.3 is 10.0 Å². The third-order valence-electron chi connectivity index (χ3n) is 3.96. The van der Waals surface area contributed by atoms with E-state index in [2.05, 4.69) is 6.58 Å². The number of piperidine rings is 1. The summed E-state index contributed by atoms with van der Waals surface area (Å²) in [7, 11) is 0. The van der Waals surface area contributed by atoms with Crippen molar-refractivity contribution in [1.29, 1.82) is 0 Å². The number of aliphatic hydroxyl groups is 1. The summed E-state index contributed by atoms with van der Waals surface area (Å²) in [5.41, 5.74) is 1.07. The molecule has 0 spiro atoms. The molecule has 1 unspecified atom stereocenters. The lowest BCUT2D eigenvalue weighted by molar-refractivity contribution is -0.143. The van der Waals surface area contributed by atoms with Crippen LogP contribution in [0.5, 0.6) is 0 Å². The Morgan fingerprint density at radius 3 is 2.67 bits per heavy atom. The van der Waals surface area contributed by atoms with Crippen LogP contribution in [-0.2, 0) is 4.79 Å². The minimum Gasteiger partial charge on any atom is -0.392 e. The summed E-state index contributed by atoms with van der Waals surface area (Å²) in [5.74, 6) is 0.104. The molecule has 0 aliphatic carbocycles. The van der Waals surface area contributed by atoms with Gasteiger partial charge in [0, 0.05) is 17.5 Å². The highest BCUT2D eigenvalue weighted by Gasteiger charge is 2.35. The number of halogens is 1. The second kappa shape index (κ2) is 7.10. The lowest BCUT2D eigenvalue weighted by Gasteiger charge is -2.40. The van der Waals surface area contributed by atoms with Crippen molar-refractivity contribution in [3.05, 3.63) is 47.5 Å². The minimum atomic E-state index is -0.536. The van der Waals surface area contributed by atoms with Crippen molar-refractivity contribution in [1.82, 2.24) is 4.90 Å². The molecule has 3 nitrogen and oxygen atoms in total. The van der Waals surface area contributed by atoms with E-state index in [1.807, 2.05) is 29.2 Å². The van der Waals surface area contributed by atoms with Crippen LogP contribution in [0.3, 0.4) is 0 Å². The molecule has 1 saturated heterocycles. The fraction of sp³-hybridized carbons (Fsp3) is 0.471. The molecular formula is C17H22ClNO2. The van der Waals surface area contributed by atoms with Crippen LogP contribution < -0.4 is 0 Å². The monoisotopic (exact) mass is 307 g/mol. The number of carbonyl (C=O) groups excluding carboxylic acids is 1. The number of benzene rings is 1. The first kappa shape index (κ1) is 16.1. The van der Waals surface area contributed by atoms with Crippen LogP contribution in [0.25, 0.3) is 0 Å². The van der Waals surface area contributed by atoms with Gasteiger partial charge in [0.25, 0.3) is 0 Å². The average Bonchev–Trinajstić information content (AvgIpc) is 2.44. The highest BCUT2D eigenvalue weighted by atomic mass is 35.5. The van der Waals surface area contributed by atoms with E-state index in [0.29, 0.717) is 18.0 Å². The largest absolute Gasteiger partial charge is 0.392 e. The normalized spacial score (nSPS) is 24.0. The third kappa shape index (κ3) is 3.86. The van der Waals surface area contributed by atoms with E-state index in [4.69, 9.17) is 11.6 Å². The van der Waals surface area contributed by atoms with Crippen LogP contribution in [0.15, 0.2) is 36.9 Å². The molecule has 1 aliphatic heterocycles. The summed E-state index contributed by atoms with van der Waals surface area (Å²) in [6, 6.07) is 7.63. The zero-order valence-corrected chi connectivity index (χ0v) is 13.1. The first-order valence-electron chi connectivity index (χ1n) is 7.37. The molecule has 3 atom stereocenters. The Morgan fingerprint density at radius 2 is 2.10 bits per heavy atom. The molecule has 114 valence electrons. The Morgan fingerprint density at radius 1 is 1.43 bits per heavy atom. The molecule has 0 bridgehead atoms. The molecule has 1 aliphatic rings. The second-order valence-corrected chi connectivity index (χ2v) is 6.14. The van der Waals surface area contributed by atoms with E-state index in [0.717, 1.165) is 18.4 Å². The zero-order valence-electron chi connectivity index (χ0n) is 12.3. The molecule has 2 rings (SSSR count). The van der Waals surface area contributed by atoms with Crippen molar-refractivity contribution >= 4 is 17.5 Å². The maximum atomic E-state index is 12.6. The van der Waals surface area contributed by atoms with Crippen LogP contribution in [0.4, 0.5) is 0 Å². The van der Waals surface area contributed by atoms with Crippen LogP contribution >= 0.6 is 11.6 Å². The summed E-state index contributed by atoms with van der Waals surface area (Å²) >= 11 is 5.93. The zero-order chi connectivity index (χ0) is 15.4. The van der Waals surface area contributed by atoms with E-state index >= 15 is 0 Å². The Bertz CT molecular complexity index is 498. The summed E-state index contributed by atoms with van der Waals surface area (Å²) in [5, 5.41) is 10.4. The second-order valence-electron chi connectivity index (χ2n) is 5.71. The molecule has 4 heteroatoms. The Labute approximate surface area is 131 Å². The fourth-order valence-electron chi connectivity index (χ4n) is 2.98. The molecule has 1 aromatic carbocycles. The number of carbonyl (C=O) groups is 1. The van der Waals surface area contributed by atoms with Crippen molar-refractivity contribution in [3.63, 3.8) is 0 Å². The molecule has 0 radical (unpaired) electrons. The number of nitrogens with zero attached hydrogens (tertiary/aromatic N) is 1. The molecule has 1 amide bonds. The van der Waals surface area contributed by atoms with Crippen LogP contribution in [0.2, 0.25) is 5.02 Å². The van der Waals surface area contributed by atoms with Crippen molar-refractivity contribution in [3.8, 4) is 0 Å². The van der Waals surface area contributed by atoms with Gasteiger partial charge in [-0.3, -0.25) is 4.79 Å². The van der Waals surface area contributed by atoms with E-state index in [-0.39, 0.29) is 17.9 Å². The van der Waals surface area contributed by atoms with Gasteiger partial charge in [0.1, 0.15) is 0 Å². The van der Waals surface area contributed by atoms with Crippen LogP contribution in [0, 0.1) is 5.92 Å². The molecular weight excluding hydrogens is 286 g/mol. The first-order chi connectivity index (χ1) is 10.0. The van der Waals surface area contributed by atoms with Gasteiger partial charge in [0.15, 0.2) is 0 Å². The third-order valence-corrected chi connectivity index (χ3v) is 4.22. The SMILES string of the molecule is C=CC[C@H]1CC[C@@H](c2ccc(Cl)cc2)N(CC(C)O)C1=O. The fourth-order valence-corrected chi connectivity index (χ4v) is 3.11. The predicted octanol–water partition coefficient (Wildman–Crippen LogP) is 3.58. The summed E-state index contributed by atoms with van der Waals surface area (Å²) in [6.45, 7) is 5.80. The number of rotatable bonds is 5. The van der Waals surface area contributed by atoms with E-state index in [1.54, 1.807) is 13.0 Å². The number of hydrogen-bond acceptors (Lipinski definition) is 2. The molecule has 1 N–H and O–H groups in total. The van der Waals surface area contributed by atoms with Crippen molar-refractivity contribution < 1.29 is 9.90 Å². The van der Waals surface area contributed by atoms with Gasteiger partial charge in [-0.15, -0.1) is 6.58 Å². The summed E-state index contributed by atoms with van der Waals surface area (Å²) < 4.78 is 0. The summed E-state index contributed by atoms with van der Waals surface area (Å²) in [6.07, 6.45) is 3.72. The molecule has 1 fully saturated rings. The topological polar surface area (TPSA) is 40.5 Å². The van der Waals surface area contributed by atoms with E-state index < -0.39 is 6.10 Å². The molecule has 21 heavy (non-hydrogen) atoms. The first-order valence-corrected chi connectivity index (χ1v) is 7.75.